The zero-order valence-electron chi connectivity index (χ0n) is 15.0. The molecule has 29 heavy (non-hydrogen) atoms. The van der Waals surface area contributed by atoms with E-state index in [2.05, 4.69) is 14.7 Å². The highest BCUT2D eigenvalue weighted by Gasteiger charge is 2.18. The summed E-state index contributed by atoms with van der Waals surface area (Å²) < 4.78 is 38.1. The summed E-state index contributed by atoms with van der Waals surface area (Å²) in [5.41, 5.74) is 0.721. The minimum Gasteiger partial charge on any atom is -0.497 e. The summed E-state index contributed by atoms with van der Waals surface area (Å²) in [6, 6.07) is 13.7. The smallest absolute Gasteiger partial charge is 0.256 e. The summed E-state index contributed by atoms with van der Waals surface area (Å²) in [7, 11) is -2.41. The van der Waals surface area contributed by atoms with Crippen LogP contribution in [-0.4, -0.2) is 25.5 Å². The largest absolute Gasteiger partial charge is 0.497 e. The zero-order valence-corrected chi connectivity index (χ0v) is 17.4. The minimum atomic E-state index is -3.90. The number of nitrogens with zero attached hydrogens (tertiary/aromatic N) is 2. The molecule has 0 saturated heterocycles. The number of nitrogens with one attached hydrogen (secondary N) is 1. The molecule has 0 saturated carbocycles. The molecule has 7 nitrogen and oxygen atoms in total. The fourth-order valence-corrected chi connectivity index (χ4v) is 3.36. The van der Waals surface area contributed by atoms with Crippen molar-refractivity contribution in [3.05, 3.63) is 76.0 Å². The van der Waals surface area contributed by atoms with Crippen molar-refractivity contribution >= 4 is 45.1 Å². The summed E-state index contributed by atoms with van der Waals surface area (Å²) >= 11 is 12.2. The summed E-state index contributed by atoms with van der Waals surface area (Å²) in [5, 5.41) is 1.19. The van der Waals surface area contributed by atoms with E-state index in [1.165, 1.54) is 19.3 Å². The summed E-state index contributed by atoms with van der Waals surface area (Å²) in [4.78, 5) is 7.76. The molecule has 2 aromatic carbocycles. The Morgan fingerprint density at radius 2 is 1.83 bits per heavy atom. The first-order chi connectivity index (χ1) is 13.9. The van der Waals surface area contributed by atoms with Gasteiger partial charge in [-0.2, -0.15) is 0 Å². The van der Waals surface area contributed by atoms with Gasteiger partial charge in [0.05, 0.1) is 17.5 Å². The molecule has 0 amide bonds. The van der Waals surface area contributed by atoms with Gasteiger partial charge in [-0.15, -0.1) is 0 Å². The highest BCUT2D eigenvalue weighted by molar-refractivity contribution is 7.95. The molecule has 0 spiro atoms. The van der Waals surface area contributed by atoms with Crippen LogP contribution in [-0.2, 0) is 10.0 Å². The number of rotatable bonds is 7. The van der Waals surface area contributed by atoms with Gasteiger partial charge in [0.25, 0.3) is 10.0 Å². The predicted molar refractivity (Wildman–Crippen MR) is 113 cm³/mol. The molecule has 0 aliphatic rings. The van der Waals surface area contributed by atoms with Crippen LogP contribution in [0.15, 0.2) is 60.3 Å². The van der Waals surface area contributed by atoms with Crippen LogP contribution in [0.25, 0.3) is 6.08 Å². The molecule has 0 fully saturated rings. The summed E-state index contributed by atoms with van der Waals surface area (Å²) in [6.45, 7) is 0. The molecule has 3 rings (SSSR count). The first-order valence-electron chi connectivity index (χ1n) is 8.16. The predicted octanol–water partition coefficient (Wildman–Crippen LogP) is 5.00. The van der Waals surface area contributed by atoms with Crippen molar-refractivity contribution < 1.29 is 17.9 Å². The molecule has 0 atom stereocenters. The van der Waals surface area contributed by atoms with Gasteiger partial charge in [-0.1, -0.05) is 53.5 Å². The van der Waals surface area contributed by atoms with E-state index in [9.17, 15) is 8.42 Å². The van der Waals surface area contributed by atoms with E-state index in [0.717, 1.165) is 17.3 Å². The molecule has 0 radical (unpaired) electrons. The molecular weight excluding hydrogens is 437 g/mol. The summed E-state index contributed by atoms with van der Waals surface area (Å²) in [5.74, 6) is 0.455. The molecule has 0 aliphatic carbocycles. The third kappa shape index (κ3) is 5.60. The number of benzene rings is 2. The Balaban J connectivity index is 1.89. The molecule has 0 aliphatic heterocycles. The number of halogens is 2. The van der Waals surface area contributed by atoms with E-state index in [0.29, 0.717) is 5.75 Å². The standard InChI is InChI=1S/C19H15Cl2N3O4S/c1-27-14-7-8-15(20)16(11-14)28-17-18(21)22-12-23-19(17)24-29(25,26)10-9-13-5-3-2-4-6-13/h2-12H,1H3,(H,22,23,24). The Kier molecular flexibility index (Phi) is 6.58. The molecule has 10 heteroatoms. The lowest BCUT2D eigenvalue weighted by Crippen LogP contribution is -2.11. The van der Waals surface area contributed by atoms with E-state index in [1.807, 2.05) is 6.07 Å². The Labute approximate surface area is 178 Å². The minimum absolute atomic E-state index is 0.0939. The highest BCUT2D eigenvalue weighted by atomic mass is 35.5. The molecule has 1 heterocycles. The van der Waals surface area contributed by atoms with Crippen molar-refractivity contribution in [1.82, 2.24) is 9.97 Å². The molecule has 1 aromatic heterocycles. The molecule has 0 bridgehead atoms. The molecule has 150 valence electrons. The van der Waals surface area contributed by atoms with E-state index < -0.39 is 10.0 Å². The van der Waals surface area contributed by atoms with Gasteiger partial charge in [0.2, 0.25) is 5.75 Å². The van der Waals surface area contributed by atoms with Gasteiger partial charge in [-0.3, -0.25) is 4.72 Å². The van der Waals surface area contributed by atoms with Gasteiger partial charge in [-0.25, -0.2) is 18.4 Å². The van der Waals surface area contributed by atoms with Gasteiger partial charge >= 0.3 is 0 Å². The number of sulfonamides is 1. The quantitative estimate of drug-likeness (QED) is 0.508. The maximum atomic E-state index is 12.5. The second kappa shape index (κ2) is 9.13. The maximum absolute atomic E-state index is 12.5. The number of methoxy groups -OCH3 is 1. The van der Waals surface area contributed by atoms with Crippen LogP contribution < -0.4 is 14.2 Å². The van der Waals surface area contributed by atoms with Crippen LogP contribution >= 0.6 is 23.2 Å². The number of anilines is 1. The van der Waals surface area contributed by atoms with Gasteiger partial charge < -0.3 is 9.47 Å². The van der Waals surface area contributed by atoms with Crippen LogP contribution in [0.3, 0.4) is 0 Å². The molecule has 0 unspecified atom stereocenters. The second-order valence-corrected chi connectivity index (χ2v) is 7.93. The van der Waals surface area contributed by atoms with Gasteiger partial charge in [-0.05, 0) is 23.8 Å². The fourth-order valence-electron chi connectivity index (χ4n) is 2.22. The fraction of sp³-hybridized carbons (Fsp3) is 0.0526. The van der Waals surface area contributed by atoms with Crippen LogP contribution in [0, 0.1) is 0 Å². The van der Waals surface area contributed by atoms with E-state index in [4.69, 9.17) is 32.7 Å². The topological polar surface area (TPSA) is 90.4 Å². The van der Waals surface area contributed by atoms with Gasteiger partial charge in [0.15, 0.2) is 11.0 Å². The first kappa shape index (κ1) is 20.9. The Bertz CT molecular complexity index is 1140. The van der Waals surface area contributed by atoms with E-state index in [-0.39, 0.29) is 27.5 Å². The van der Waals surface area contributed by atoms with Crippen LogP contribution in [0.1, 0.15) is 5.56 Å². The highest BCUT2D eigenvalue weighted by Crippen LogP contribution is 2.38. The average Bonchev–Trinajstić information content (AvgIpc) is 2.71. The van der Waals surface area contributed by atoms with Crippen molar-refractivity contribution in [1.29, 1.82) is 0 Å². The SMILES string of the molecule is COc1ccc(Cl)c(Oc2c(Cl)ncnc2NS(=O)(=O)C=Cc2ccccc2)c1. The maximum Gasteiger partial charge on any atom is 0.256 e. The monoisotopic (exact) mass is 451 g/mol. The lowest BCUT2D eigenvalue weighted by atomic mass is 10.2. The first-order valence-corrected chi connectivity index (χ1v) is 10.5. The molecule has 3 aromatic rings. The number of hydrogen-bond acceptors (Lipinski definition) is 6. The third-order valence-corrected chi connectivity index (χ3v) is 5.14. The molecule has 1 N–H and O–H groups in total. The zero-order chi connectivity index (χ0) is 20.9. The van der Waals surface area contributed by atoms with Crippen LogP contribution in [0.4, 0.5) is 5.82 Å². The van der Waals surface area contributed by atoms with Crippen molar-refractivity contribution in [2.75, 3.05) is 11.8 Å². The lowest BCUT2D eigenvalue weighted by molar-refractivity contribution is 0.409. The van der Waals surface area contributed by atoms with Crippen molar-refractivity contribution in [2.45, 2.75) is 0 Å². The Morgan fingerprint density at radius 1 is 1.07 bits per heavy atom. The van der Waals surface area contributed by atoms with Crippen LogP contribution in [0.5, 0.6) is 17.2 Å². The second-order valence-electron chi connectivity index (χ2n) is 5.60. The van der Waals surface area contributed by atoms with Gasteiger partial charge in [0.1, 0.15) is 17.8 Å². The Morgan fingerprint density at radius 3 is 2.55 bits per heavy atom. The van der Waals surface area contributed by atoms with E-state index in [1.54, 1.807) is 36.4 Å². The lowest BCUT2D eigenvalue weighted by Gasteiger charge is -2.13. The van der Waals surface area contributed by atoms with Crippen molar-refractivity contribution in [3.63, 3.8) is 0 Å². The Hall–Kier alpha value is -2.81. The average molecular weight is 452 g/mol. The van der Waals surface area contributed by atoms with Crippen molar-refractivity contribution in [3.8, 4) is 17.2 Å². The number of aromatic nitrogens is 2. The number of hydrogen-bond donors (Lipinski definition) is 1. The third-order valence-electron chi connectivity index (χ3n) is 3.59. The van der Waals surface area contributed by atoms with Crippen molar-refractivity contribution in [2.24, 2.45) is 0 Å². The molecular formula is C19H15Cl2N3O4S. The normalized spacial score (nSPS) is 11.4. The van der Waals surface area contributed by atoms with Gasteiger partial charge in [0, 0.05) is 6.07 Å². The summed E-state index contributed by atoms with van der Waals surface area (Å²) in [6.07, 6.45) is 2.56. The van der Waals surface area contributed by atoms with Crippen LogP contribution in [0.2, 0.25) is 10.2 Å². The van der Waals surface area contributed by atoms with E-state index >= 15 is 0 Å². The number of ether oxygens (including phenoxy) is 2.